The summed E-state index contributed by atoms with van der Waals surface area (Å²) in [6, 6.07) is 10.6. The zero-order chi connectivity index (χ0) is 14.4. The second-order valence-corrected chi connectivity index (χ2v) is 4.21. The summed E-state index contributed by atoms with van der Waals surface area (Å²) in [6.45, 7) is 0.415. The fourth-order valence-electron chi connectivity index (χ4n) is 1.82. The molecule has 4 nitrogen and oxygen atoms in total. The zero-order valence-corrected chi connectivity index (χ0v) is 11.0. The van der Waals surface area contributed by atoms with Crippen molar-refractivity contribution in [2.24, 2.45) is 0 Å². The fourth-order valence-corrected chi connectivity index (χ4v) is 1.82. The Labute approximate surface area is 116 Å². The van der Waals surface area contributed by atoms with Crippen molar-refractivity contribution >= 4 is 5.97 Å². The lowest BCUT2D eigenvalue weighted by Gasteiger charge is -2.16. The third kappa shape index (κ3) is 3.61. The first-order valence-electron chi connectivity index (χ1n) is 6.17. The van der Waals surface area contributed by atoms with E-state index in [-0.39, 0.29) is 5.82 Å². The molecule has 1 N–H and O–H groups in total. The number of carbonyl (C=O) groups is 1. The summed E-state index contributed by atoms with van der Waals surface area (Å²) < 4.78 is 17.7. The Balaban J connectivity index is 2.12. The molecule has 0 saturated carbocycles. The van der Waals surface area contributed by atoms with Crippen LogP contribution < -0.4 is 5.32 Å². The molecule has 20 heavy (non-hydrogen) atoms. The number of esters is 1. The Kier molecular flexibility index (Phi) is 4.79. The number of carbonyl (C=O) groups excluding carboxylic acids is 1. The number of aromatic nitrogens is 1. The summed E-state index contributed by atoms with van der Waals surface area (Å²) in [5.41, 5.74) is 1.46. The van der Waals surface area contributed by atoms with Crippen molar-refractivity contribution in [2.45, 2.75) is 12.6 Å². The minimum absolute atomic E-state index is 0.345. The number of nitrogens with one attached hydrogen (secondary N) is 1. The van der Waals surface area contributed by atoms with Crippen LogP contribution in [0.15, 0.2) is 48.7 Å². The normalized spacial score (nSPS) is 11.9. The van der Waals surface area contributed by atoms with Crippen LogP contribution >= 0.6 is 0 Å². The van der Waals surface area contributed by atoms with Crippen LogP contribution in [-0.2, 0) is 16.1 Å². The van der Waals surface area contributed by atoms with Gasteiger partial charge in [0.25, 0.3) is 0 Å². The first kappa shape index (κ1) is 14.1. The van der Waals surface area contributed by atoms with Gasteiger partial charge in [0.1, 0.15) is 11.9 Å². The van der Waals surface area contributed by atoms with E-state index >= 15 is 0 Å². The highest BCUT2D eigenvalue weighted by molar-refractivity contribution is 5.77. The van der Waals surface area contributed by atoms with Gasteiger partial charge >= 0.3 is 5.97 Å². The summed E-state index contributed by atoms with van der Waals surface area (Å²) in [7, 11) is 1.32. The molecule has 1 unspecified atom stereocenters. The minimum Gasteiger partial charge on any atom is -0.468 e. The molecule has 1 heterocycles. The summed E-state index contributed by atoms with van der Waals surface area (Å²) in [6.07, 6.45) is 1.68. The smallest absolute Gasteiger partial charge is 0.327 e. The van der Waals surface area contributed by atoms with Gasteiger partial charge < -0.3 is 4.74 Å². The molecule has 2 aromatic rings. The van der Waals surface area contributed by atoms with E-state index < -0.39 is 12.0 Å². The van der Waals surface area contributed by atoms with Crippen LogP contribution in [0.4, 0.5) is 4.39 Å². The molecule has 0 aliphatic heterocycles. The quantitative estimate of drug-likeness (QED) is 0.849. The summed E-state index contributed by atoms with van der Waals surface area (Å²) in [5, 5.41) is 3.06. The topological polar surface area (TPSA) is 51.2 Å². The summed E-state index contributed by atoms with van der Waals surface area (Å²) in [5.74, 6) is -0.769. The van der Waals surface area contributed by atoms with E-state index in [1.807, 2.05) is 18.2 Å². The lowest BCUT2D eigenvalue weighted by Crippen LogP contribution is -2.29. The van der Waals surface area contributed by atoms with Gasteiger partial charge in [-0.15, -0.1) is 0 Å². The third-order valence-electron chi connectivity index (χ3n) is 2.85. The number of methoxy groups -OCH3 is 1. The second-order valence-electron chi connectivity index (χ2n) is 4.21. The molecular formula is C15H15FN2O2. The Morgan fingerprint density at radius 3 is 2.65 bits per heavy atom. The third-order valence-corrected chi connectivity index (χ3v) is 2.85. The number of hydrogen-bond acceptors (Lipinski definition) is 4. The van der Waals surface area contributed by atoms with Crippen LogP contribution in [0.5, 0.6) is 0 Å². The van der Waals surface area contributed by atoms with Crippen LogP contribution in [0.2, 0.25) is 0 Å². The predicted molar refractivity (Wildman–Crippen MR) is 72.2 cm³/mol. The zero-order valence-electron chi connectivity index (χ0n) is 11.0. The van der Waals surface area contributed by atoms with Crippen molar-refractivity contribution in [3.8, 4) is 0 Å². The minimum atomic E-state index is -0.650. The maximum Gasteiger partial charge on any atom is 0.327 e. The predicted octanol–water partition coefficient (Wildman–Crippen LogP) is 2.22. The van der Waals surface area contributed by atoms with Crippen LogP contribution in [-0.4, -0.2) is 18.1 Å². The SMILES string of the molecule is COC(=O)C(NCc1ccccn1)c1ccc(F)cc1. The van der Waals surface area contributed by atoms with E-state index in [4.69, 9.17) is 4.74 Å². The standard InChI is InChI=1S/C15H15FN2O2/c1-20-15(19)14(11-5-7-12(16)8-6-11)18-10-13-4-2-3-9-17-13/h2-9,14,18H,10H2,1H3. The summed E-state index contributed by atoms with van der Waals surface area (Å²) >= 11 is 0. The van der Waals surface area contributed by atoms with Gasteiger partial charge in [-0.3, -0.25) is 10.3 Å². The van der Waals surface area contributed by atoms with E-state index in [2.05, 4.69) is 10.3 Å². The molecule has 2 rings (SSSR count). The van der Waals surface area contributed by atoms with Crippen molar-refractivity contribution in [3.05, 3.63) is 65.7 Å². The molecule has 0 bridgehead atoms. The van der Waals surface area contributed by atoms with Crippen LogP contribution in [0.1, 0.15) is 17.3 Å². The molecule has 5 heteroatoms. The number of benzene rings is 1. The average Bonchev–Trinajstić information content (AvgIpc) is 2.50. The maximum absolute atomic E-state index is 12.9. The van der Waals surface area contributed by atoms with Crippen molar-refractivity contribution in [3.63, 3.8) is 0 Å². The highest BCUT2D eigenvalue weighted by Gasteiger charge is 2.20. The van der Waals surface area contributed by atoms with Crippen LogP contribution in [0, 0.1) is 5.82 Å². The Hall–Kier alpha value is -2.27. The molecule has 1 aromatic heterocycles. The molecule has 0 radical (unpaired) electrons. The van der Waals surface area contributed by atoms with Crippen molar-refractivity contribution in [1.29, 1.82) is 0 Å². The van der Waals surface area contributed by atoms with Crippen LogP contribution in [0.3, 0.4) is 0 Å². The van der Waals surface area contributed by atoms with Gasteiger partial charge in [-0.1, -0.05) is 18.2 Å². The summed E-state index contributed by atoms with van der Waals surface area (Å²) in [4.78, 5) is 16.0. The Morgan fingerprint density at radius 2 is 2.05 bits per heavy atom. The van der Waals surface area contributed by atoms with Gasteiger partial charge in [-0.25, -0.2) is 9.18 Å². The number of nitrogens with zero attached hydrogens (tertiary/aromatic N) is 1. The Morgan fingerprint density at radius 1 is 1.30 bits per heavy atom. The molecular weight excluding hydrogens is 259 g/mol. The van der Waals surface area contributed by atoms with Crippen molar-refractivity contribution in [1.82, 2.24) is 10.3 Å². The van der Waals surface area contributed by atoms with Gasteiger partial charge in [0, 0.05) is 12.7 Å². The van der Waals surface area contributed by atoms with Crippen molar-refractivity contribution < 1.29 is 13.9 Å². The Bertz CT molecular complexity index is 558. The van der Waals surface area contributed by atoms with E-state index in [1.165, 1.54) is 19.2 Å². The fraction of sp³-hybridized carbons (Fsp3) is 0.200. The number of pyridine rings is 1. The van der Waals surface area contributed by atoms with Gasteiger partial charge in [0.05, 0.1) is 12.8 Å². The molecule has 0 aliphatic carbocycles. The maximum atomic E-state index is 12.9. The molecule has 104 valence electrons. The number of rotatable bonds is 5. The lowest BCUT2D eigenvalue weighted by atomic mass is 10.1. The molecule has 0 fully saturated rings. The van der Waals surface area contributed by atoms with Gasteiger partial charge in [0.2, 0.25) is 0 Å². The molecule has 0 spiro atoms. The van der Waals surface area contributed by atoms with Gasteiger partial charge in [-0.2, -0.15) is 0 Å². The lowest BCUT2D eigenvalue weighted by molar-refractivity contribution is -0.143. The largest absolute Gasteiger partial charge is 0.468 e. The van der Waals surface area contributed by atoms with E-state index in [9.17, 15) is 9.18 Å². The van der Waals surface area contributed by atoms with Gasteiger partial charge in [0.15, 0.2) is 0 Å². The monoisotopic (exact) mass is 274 g/mol. The van der Waals surface area contributed by atoms with E-state index in [0.29, 0.717) is 12.1 Å². The van der Waals surface area contributed by atoms with E-state index in [0.717, 1.165) is 5.69 Å². The van der Waals surface area contributed by atoms with Crippen molar-refractivity contribution in [2.75, 3.05) is 7.11 Å². The molecule has 0 amide bonds. The number of hydrogen-bond donors (Lipinski definition) is 1. The molecule has 0 aliphatic rings. The molecule has 1 aromatic carbocycles. The highest BCUT2D eigenvalue weighted by atomic mass is 19.1. The molecule has 1 atom stereocenters. The average molecular weight is 274 g/mol. The first-order valence-corrected chi connectivity index (χ1v) is 6.17. The van der Waals surface area contributed by atoms with Gasteiger partial charge in [-0.05, 0) is 29.8 Å². The highest BCUT2D eigenvalue weighted by Crippen LogP contribution is 2.15. The number of halogens is 1. The van der Waals surface area contributed by atoms with Crippen LogP contribution in [0.25, 0.3) is 0 Å². The first-order chi connectivity index (χ1) is 9.70. The second kappa shape index (κ2) is 6.77. The number of ether oxygens (including phenoxy) is 1. The molecule has 0 saturated heterocycles. The van der Waals surface area contributed by atoms with E-state index in [1.54, 1.807) is 18.3 Å².